The number of nitrogens with zero attached hydrogens (tertiary/aromatic N) is 3. The second-order valence-corrected chi connectivity index (χ2v) is 6.80. The molecule has 25 heavy (non-hydrogen) atoms. The lowest BCUT2D eigenvalue weighted by atomic mass is 10.1. The van der Waals surface area contributed by atoms with E-state index in [0.29, 0.717) is 24.1 Å². The van der Waals surface area contributed by atoms with Crippen molar-refractivity contribution < 1.29 is 14.5 Å². The maximum absolute atomic E-state index is 12.9. The molecule has 1 aromatic rings. The van der Waals surface area contributed by atoms with Crippen LogP contribution < -0.4 is 0 Å². The molecule has 2 saturated heterocycles. The predicted octanol–water partition coefficient (Wildman–Crippen LogP) is 2.52. The van der Waals surface area contributed by atoms with Crippen LogP contribution in [0.5, 0.6) is 0 Å². The molecule has 2 heterocycles. The van der Waals surface area contributed by atoms with Crippen molar-refractivity contribution in [2.75, 3.05) is 19.6 Å². The first-order chi connectivity index (χ1) is 12.0. The van der Waals surface area contributed by atoms with Gasteiger partial charge in [-0.2, -0.15) is 0 Å². The van der Waals surface area contributed by atoms with Gasteiger partial charge >= 0.3 is 0 Å². The molecular formula is C18H23N3O4. The van der Waals surface area contributed by atoms with Gasteiger partial charge in [-0.25, -0.2) is 0 Å². The van der Waals surface area contributed by atoms with Crippen molar-refractivity contribution in [2.45, 2.75) is 45.1 Å². The third-order valence-electron chi connectivity index (χ3n) is 5.11. The fourth-order valence-corrected chi connectivity index (χ4v) is 3.75. The molecule has 0 bridgehead atoms. The molecule has 7 nitrogen and oxygen atoms in total. The molecular weight excluding hydrogens is 322 g/mol. The Morgan fingerprint density at radius 3 is 2.48 bits per heavy atom. The van der Waals surface area contributed by atoms with E-state index in [-0.39, 0.29) is 17.5 Å². The van der Waals surface area contributed by atoms with Crippen LogP contribution in [0.4, 0.5) is 5.69 Å². The van der Waals surface area contributed by atoms with Crippen LogP contribution in [-0.4, -0.2) is 52.2 Å². The second-order valence-electron chi connectivity index (χ2n) is 6.80. The summed E-state index contributed by atoms with van der Waals surface area (Å²) in [5, 5.41) is 10.9. The van der Waals surface area contributed by atoms with Crippen LogP contribution >= 0.6 is 0 Å². The van der Waals surface area contributed by atoms with Crippen molar-refractivity contribution in [3.63, 3.8) is 0 Å². The van der Waals surface area contributed by atoms with Crippen LogP contribution in [0, 0.1) is 17.0 Å². The summed E-state index contributed by atoms with van der Waals surface area (Å²) in [5.41, 5.74) is 0.856. The van der Waals surface area contributed by atoms with Crippen molar-refractivity contribution in [1.82, 2.24) is 9.80 Å². The minimum Gasteiger partial charge on any atom is -0.341 e. The summed E-state index contributed by atoms with van der Waals surface area (Å²) in [7, 11) is 0. The lowest BCUT2D eigenvalue weighted by molar-refractivity contribution is -0.385. The molecule has 3 rings (SSSR count). The van der Waals surface area contributed by atoms with Gasteiger partial charge in [0.25, 0.3) is 11.6 Å². The average molecular weight is 345 g/mol. The van der Waals surface area contributed by atoms with E-state index in [1.807, 2.05) is 4.90 Å². The Bertz CT molecular complexity index is 698. The number of nitro groups is 1. The summed E-state index contributed by atoms with van der Waals surface area (Å²) in [5.74, 6) is -0.171. The van der Waals surface area contributed by atoms with Crippen LogP contribution in [0.1, 0.15) is 48.0 Å². The van der Waals surface area contributed by atoms with Crippen LogP contribution in [-0.2, 0) is 4.79 Å². The number of piperidine rings is 1. The van der Waals surface area contributed by atoms with Gasteiger partial charge in [-0.3, -0.25) is 19.7 Å². The van der Waals surface area contributed by atoms with Crippen molar-refractivity contribution >= 4 is 17.5 Å². The maximum atomic E-state index is 12.9. The van der Waals surface area contributed by atoms with E-state index in [2.05, 4.69) is 0 Å². The molecule has 1 unspecified atom stereocenters. The third kappa shape index (κ3) is 3.50. The molecule has 2 amide bonds. The number of hydrogen-bond acceptors (Lipinski definition) is 4. The first-order valence-corrected chi connectivity index (χ1v) is 8.84. The van der Waals surface area contributed by atoms with E-state index >= 15 is 0 Å². The number of carbonyl (C=O) groups is 2. The zero-order chi connectivity index (χ0) is 18.0. The van der Waals surface area contributed by atoms with E-state index in [1.54, 1.807) is 17.9 Å². The third-order valence-corrected chi connectivity index (χ3v) is 5.11. The van der Waals surface area contributed by atoms with Crippen LogP contribution in [0.25, 0.3) is 0 Å². The SMILES string of the molecule is Cc1cc(C(=O)N2CCCC2C(=O)N2CCCCC2)ccc1[N+](=O)[O-]. The van der Waals surface area contributed by atoms with Crippen molar-refractivity contribution in [3.05, 3.63) is 39.4 Å². The highest BCUT2D eigenvalue weighted by atomic mass is 16.6. The van der Waals surface area contributed by atoms with Crippen molar-refractivity contribution in [1.29, 1.82) is 0 Å². The summed E-state index contributed by atoms with van der Waals surface area (Å²) in [4.78, 5) is 39.7. The van der Waals surface area contributed by atoms with Crippen LogP contribution in [0.3, 0.4) is 0 Å². The van der Waals surface area contributed by atoms with E-state index in [1.165, 1.54) is 12.1 Å². The number of benzene rings is 1. The Labute approximate surface area is 146 Å². The highest BCUT2D eigenvalue weighted by Crippen LogP contribution is 2.25. The number of nitro benzene ring substituents is 1. The van der Waals surface area contributed by atoms with Gasteiger partial charge in [0.2, 0.25) is 5.91 Å². The van der Waals surface area contributed by atoms with Gasteiger partial charge in [-0.05, 0) is 51.2 Å². The Morgan fingerprint density at radius 2 is 1.84 bits per heavy atom. The molecule has 0 N–H and O–H groups in total. The number of likely N-dealkylation sites (tertiary alicyclic amines) is 2. The van der Waals surface area contributed by atoms with Crippen molar-refractivity contribution in [3.8, 4) is 0 Å². The summed E-state index contributed by atoms with van der Waals surface area (Å²) >= 11 is 0. The quantitative estimate of drug-likeness (QED) is 0.622. The Kier molecular flexibility index (Phi) is 5.01. The monoisotopic (exact) mass is 345 g/mol. The van der Waals surface area contributed by atoms with Gasteiger partial charge in [0.1, 0.15) is 6.04 Å². The molecule has 2 aliphatic rings. The van der Waals surface area contributed by atoms with E-state index in [4.69, 9.17) is 0 Å². The summed E-state index contributed by atoms with van der Waals surface area (Å²) in [6, 6.07) is 3.98. The fraction of sp³-hybridized carbons (Fsp3) is 0.556. The van der Waals surface area contributed by atoms with Gasteiger partial charge in [0.05, 0.1) is 4.92 Å². The van der Waals surface area contributed by atoms with E-state index in [0.717, 1.165) is 38.8 Å². The first-order valence-electron chi connectivity index (χ1n) is 8.84. The molecule has 0 spiro atoms. The molecule has 2 aliphatic heterocycles. The van der Waals surface area contributed by atoms with Gasteiger partial charge in [0.15, 0.2) is 0 Å². The van der Waals surface area contributed by atoms with E-state index < -0.39 is 11.0 Å². The van der Waals surface area contributed by atoms with Gasteiger partial charge in [-0.1, -0.05) is 0 Å². The largest absolute Gasteiger partial charge is 0.341 e. The Balaban J connectivity index is 1.77. The molecule has 2 fully saturated rings. The standard InChI is InChI=1S/C18H23N3O4/c1-13-12-14(7-8-15(13)21(24)25)17(22)20-11-5-6-16(20)18(23)19-9-3-2-4-10-19/h7-8,12,16H,2-6,9-11H2,1H3. The zero-order valence-corrected chi connectivity index (χ0v) is 14.4. The summed E-state index contributed by atoms with van der Waals surface area (Å²) in [6.45, 7) is 3.72. The molecule has 0 saturated carbocycles. The topological polar surface area (TPSA) is 83.8 Å². The number of carbonyl (C=O) groups excluding carboxylic acids is 2. The normalized spacial score (nSPS) is 20.6. The summed E-state index contributed by atoms with van der Waals surface area (Å²) < 4.78 is 0. The minimum absolute atomic E-state index is 0.00100. The fourth-order valence-electron chi connectivity index (χ4n) is 3.75. The van der Waals surface area contributed by atoms with Gasteiger partial charge in [-0.15, -0.1) is 0 Å². The number of aryl methyl sites for hydroxylation is 1. The minimum atomic E-state index is -0.456. The Hall–Kier alpha value is -2.44. The summed E-state index contributed by atoms with van der Waals surface area (Å²) in [6.07, 6.45) is 4.69. The highest BCUT2D eigenvalue weighted by molar-refractivity contribution is 5.98. The second kappa shape index (κ2) is 7.21. The maximum Gasteiger partial charge on any atom is 0.272 e. The molecule has 0 radical (unpaired) electrons. The lowest BCUT2D eigenvalue weighted by Gasteiger charge is -2.32. The molecule has 1 aromatic carbocycles. The van der Waals surface area contributed by atoms with Crippen LogP contribution in [0.2, 0.25) is 0 Å². The Morgan fingerprint density at radius 1 is 1.12 bits per heavy atom. The predicted molar refractivity (Wildman–Crippen MR) is 92.3 cm³/mol. The number of rotatable bonds is 3. The van der Waals surface area contributed by atoms with Crippen LogP contribution in [0.15, 0.2) is 18.2 Å². The number of hydrogen-bond donors (Lipinski definition) is 0. The molecule has 134 valence electrons. The molecule has 1 atom stereocenters. The molecule has 7 heteroatoms. The smallest absolute Gasteiger partial charge is 0.272 e. The van der Waals surface area contributed by atoms with Gasteiger partial charge in [0, 0.05) is 36.8 Å². The van der Waals surface area contributed by atoms with E-state index in [9.17, 15) is 19.7 Å². The lowest BCUT2D eigenvalue weighted by Crippen LogP contribution is -2.49. The first kappa shape index (κ1) is 17.4. The number of amides is 2. The highest BCUT2D eigenvalue weighted by Gasteiger charge is 2.37. The zero-order valence-electron chi connectivity index (χ0n) is 14.4. The average Bonchev–Trinajstić information content (AvgIpc) is 3.10. The van der Waals surface area contributed by atoms with Crippen molar-refractivity contribution in [2.24, 2.45) is 0 Å². The van der Waals surface area contributed by atoms with Gasteiger partial charge < -0.3 is 9.80 Å². The molecule has 0 aliphatic carbocycles. The molecule has 0 aromatic heterocycles.